The summed E-state index contributed by atoms with van der Waals surface area (Å²) in [5, 5.41) is 4.38. The van der Waals surface area contributed by atoms with Gasteiger partial charge >= 0.3 is 5.91 Å². The van der Waals surface area contributed by atoms with Gasteiger partial charge in [-0.05, 0) is 24.3 Å². The Morgan fingerprint density at radius 2 is 1.96 bits per heavy atom. The van der Waals surface area contributed by atoms with E-state index in [0.717, 1.165) is 23.5 Å². The molecule has 4 rings (SSSR count). The maximum absolute atomic E-state index is 13.8. The highest BCUT2D eigenvalue weighted by Crippen LogP contribution is 2.27. The molecule has 1 amide bonds. The molecule has 0 aliphatic heterocycles. The first kappa shape index (κ1) is 15.4. The van der Waals surface area contributed by atoms with E-state index >= 15 is 0 Å². The number of amides is 1. The fourth-order valence-electron chi connectivity index (χ4n) is 2.27. The van der Waals surface area contributed by atoms with Gasteiger partial charge in [-0.1, -0.05) is 12.1 Å². The van der Waals surface area contributed by atoms with Crippen molar-refractivity contribution in [2.45, 2.75) is 0 Å². The number of oxazole rings is 1. The minimum Gasteiger partial charge on any atom is -0.432 e. The molecule has 8 heteroatoms. The number of benzene rings is 2. The van der Waals surface area contributed by atoms with Crippen molar-refractivity contribution in [3.8, 4) is 11.3 Å². The molecule has 0 saturated heterocycles. The molecular weight excluding hydrogens is 348 g/mol. The average Bonchev–Trinajstić information content (AvgIpc) is 3.21. The van der Waals surface area contributed by atoms with Gasteiger partial charge in [0.25, 0.3) is 5.89 Å². The fraction of sp³-hybridized carbons (Fsp3) is 0. The van der Waals surface area contributed by atoms with Crippen LogP contribution in [0.3, 0.4) is 0 Å². The van der Waals surface area contributed by atoms with Gasteiger partial charge in [0.05, 0.1) is 5.69 Å². The molecule has 0 unspecified atom stereocenters. The predicted octanol–water partition coefficient (Wildman–Crippen LogP) is 4.48. The first-order chi connectivity index (χ1) is 12.1. The first-order valence-corrected chi connectivity index (χ1v) is 8.06. The highest BCUT2D eigenvalue weighted by molar-refractivity contribution is 7.14. The summed E-state index contributed by atoms with van der Waals surface area (Å²) in [6, 6.07) is 10.2. The van der Waals surface area contributed by atoms with Gasteiger partial charge in [-0.15, -0.1) is 11.3 Å². The number of carbonyl (C=O) groups is 1. The van der Waals surface area contributed by atoms with Gasteiger partial charge in [0.1, 0.15) is 17.2 Å². The van der Waals surface area contributed by atoms with Crippen LogP contribution in [0.15, 0.2) is 52.3 Å². The van der Waals surface area contributed by atoms with Crippen molar-refractivity contribution < 1.29 is 18.0 Å². The Labute approximate surface area is 144 Å². The molecule has 4 aromatic rings. The third-order valence-electron chi connectivity index (χ3n) is 3.42. The molecule has 0 saturated carbocycles. The number of aromatic nitrogens is 2. The second-order valence-corrected chi connectivity index (χ2v) is 5.96. The molecule has 5 nitrogen and oxygen atoms in total. The lowest BCUT2D eigenvalue weighted by atomic mass is 10.1. The molecule has 124 valence electrons. The SMILES string of the molecule is O=C(Nc1nc(-c2ccc(F)cc2F)cs1)c1nc2ccccc2o1. The first-order valence-electron chi connectivity index (χ1n) is 7.18. The monoisotopic (exact) mass is 357 g/mol. The van der Waals surface area contributed by atoms with E-state index in [1.807, 2.05) is 0 Å². The zero-order valence-corrected chi connectivity index (χ0v) is 13.3. The van der Waals surface area contributed by atoms with Gasteiger partial charge in [0.15, 0.2) is 10.7 Å². The van der Waals surface area contributed by atoms with Crippen molar-refractivity contribution >= 4 is 33.5 Å². The van der Waals surface area contributed by atoms with Crippen LogP contribution in [0.1, 0.15) is 10.7 Å². The molecule has 0 aliphatic rings. The third kappa shape index (κ3) is 2.99. The van der Waals surface area contributed by atoms with E-state index in [1.165, 1.54) is 6.07 Å². The Morgan fingerprint density at radius 1 is 1.12 bits per heavy atom. The summed E-state index contributed by atoms with van der Waals surface area (Å²) in [7, 11) is 0. The molecule has 0 bridgehead atoms. The molecule has 0 fully saturated rings. The summed E-state index contributed by atoms with van der Waals surface area (Å²) in [4.78, 5) is 20.5. The number of nitrogens with zero attached hydrogens (tertiary/aromatic N) is 2. The lowest BCUT2D eigenvalue weighted by molar-refractivity contribution is 0.0992. The van der Waals surface area contributed by atoms with Gasteiger partial charge in [0, 0.05) is 17.0 Å². The molecule has 2 heterocycles. The Hall–Kier alpha value is -3.13. The van der Waals surface area contributed by atoms with Gasteiger partial charge < -0.3 is 4.42 Å². The molecule has 0 spiro atoms. The number of fused-ring (bicyclic) bond motifs is 1. The summed E-state index contributed by atoms with van der Waals surface area (Å²) in [5.74, 6) is -2.04. The summed E-state index contributed by atoms with van der Waals surface area (Å²) in [6.45, 7) is 0. The average molecular weight is 357 g/mol. The molecule has 0 aliphatic carbocycles. The van der Waals surface area contributed by atoms with Crippen LogP contribution in [0.4, 0.5) is 13.9 Å². The quantitative estimate of drug-likeness (QED) is 0.587. The third-order valence-corrected chi connectivity index (χ3v) is 4.18. The maximum atomic E-state index is 13.8. The Bertz CT molecular complexity index is 1060. The molecule has 25 heavy (non-hydrogen) atoms. The number of nitrogens with one attached hydrogen (secondary N) is 1. The standard InChI is InChI=1S/C17H9F2N3O2S/c18-9-5-6-10(11(19)7-9)13-8-25-17(21-13)22-15(23)16-20-12-3-1-2-4-14(12)24-16/h1-8H,(H,21,22,23). The second-order valence-electron chi connectivity index (χ2n) is 5.10. The molecule has 0 radical (unpaired) electrons. The topological polar surface area (TPSA) is 68.0 Å². The van der Waals surface area contributed by atoms with Crippen LogP contribution in [-0.4, -0.2) is 15.9 Å². The molecule has 0 atom stereocenters. The van der Waals surface area contributed by atoms with Gasteiger partial charge in [-0.2, -0.15) is 0 Å². The summed E-state index contributed by atoms with van der Waals surface area (Å²) in [6.07, 6.45) is 0. The van der Waals surface area contributed by atoms with Gasteiger partial charge in [0.2, 0.25) is 0 Å². The molecule has 2 aromatic carbocycles. The number of thiazole rings is 1. The number of halogens is 2. The van der Waals surface area contributed by atoms with Crippen molar-refractivity contribution in [3.05, 3.63) is 65.4 Å². The van der Waals surface area contributed by atoms with E-state index in [4.69, 9.17) is 4.42 Å². The zero-order valence-electron chi connectivity index (χ0n) is 12.5. The van der Waals surface area contributed by atoms with Crippen molar-refractivity contribution in [2.75, 3.05) is 5.32 Å². The Balaban J connectivity index is 1.57. The lowest BCUT2D eigenvalue weighted by Crippen LogP contribution is -2.11. The molecule has 1 N–H and O–H groups in total. The van der Waals surface area contributed by atoms with Crippen molar-refractivity contribution in [2.24, 2.45) is 0 Å². The number of hydrogen-bond acceptors (Lipinski definition) is 5. The maximum Gasteiger partial charge on any atom is 0.313 e. The Kier molecular flexibility index (Phi) is 3.73. The summed E-state index contributed by atoms with van der Waals surface area (Å²) < 4.78 is 32.2. The van der Waals surface area contributed by atoms with Gasteiger partial charge in [-0.3, -0.25) is 10.1 Å². The summed E-state index contributed by atoms with van der Waals surface area (Å²) in [5.41, 5.74) is 1.53. The largest absolute Gasteiger partial charge is 0.432 e. The van der Waals surface area contributed by atoms with E-state index < -0.39 is 17.5 Å². The van der Waals surface area contributed by atoms with Crippen molar-refractivity contribution in [1.82, 2.24) is 9.97 Å². The highest BCUT2D eigenvalue weighted by atomic mass is 32.1. The molecular formula is C17H9F2N3O2S. The second kappa shape index (κ2) is 6.06. The van der Waals surface area contributed by atoms with Crippen LogP contribution >= 0.6 is 11.3 Å². The lowest BCUT2D eigenvalue weighted by Gasteiger charge is -1.99. The fourth-order valence-corrected chi connectivity index (χ4v) is 2.98. The predicted molar refractivity (Wildman–Crippen MR) is 89.4 cm³/mol. The van der Waals surface area contributed by atoms with Crippen LogP contribution in [0.2, 0.25) is 0 Å². The number of para-hydroxylation sites is 2. The zero-order chi connectivity index (χ0) is 17.4. The van der Waals surface area contributed by atoms with Crippen LogP contribution in [0.25, 0.3) is 22.4 Å². The smallest absolute Gasteiger partial charge is 0.313 e. The van der Waals surface area contributed by atoms with Crippen molar-refractivity contribution in [1.29, 1.82) is 0 Å². The number of hydrogen-bond donors (Lipinski definition) is 1. The van der Waals surface area contributed by atoms with E-state index in [2.05, 4.69) is 15.3 Å². The number of carbonyl (C=O) groups excluding carboxylic acids is 1. The van der Waals surface area contributed by atoms with E-state index in [-0.39, 0.29) is 16.6 Å². The minimum absolute atomic E-state index is 0.0917. The van der Waals surface area contributed by atoms with Crippen LogP contribution in [0, 0.1) is 11.6 Å². The minimum atomic E-state index is -0.720. The normalized spacial score (nSPS) is 11.0. The Morgan fingerprint density at radius 3 is 2.76 bits per heavy atom. The van der Waals surface area contributed by atoms with E-state index in [1.54, 1.807) is 29.6 Å². The molecule has 2 aromatic heterocycles. The van der Waals surface area contributed by atoms with Crippen LogP contribution in [0.5, 0.6) is 0 Å². The van der Waals surface area contributed by atoms with Gasteiger partial charge in [-0.25, -0.2) is 18.7 Å². The van der Waals surface area contributed by atoms with Crippen LogP contribution in [-0.2, 0) is 0 Å². The van der Waals surface area contributed by atoms with E-state index in [9.17, 15) is 13.6 Å². The van der Waals surface area contributed by atoms with E-state index in [0.29, 0.717) is 16.8 Å². The summed E-state index contributed by atoms with van der Waals surface area (Å²) >= 11 is 1.11. The van der Waals surface area contributed by atoms with Crippen LogP contribution < -0.4 is 5.32 Å². The van der Waals surface area contributed by atoms with Crippen molar-refractivity contribution in [3.63, 3.8) is 0 Å². The number of anilines is 1. The number of rotatable bonds is 3. The highest BCUT2D eigenvalue weighted by Gasteiger charge is 2.17.